The average molecular weight is 176 g/mol. The highest BCUT2D eigenvalue weighted by molar-refractivity contribution is 6.32. The quantitative estimate of drug-likeness (QED) is 0.654. The molecule has 68 valence electrons. The third kappa shape index (κ3) is 2.63. The van der Waals surface area contributed by atoms with Crippen molar-refractivity contribution in [2.45, 2.75) is 0 Å². The van der Waals surface area contributed by atoms with Crippen LogP contribution in [-0.4, -0.2) is 26.7 Å². The molecule has 0 aliphatic rings. The molecule has 1 N–H and O–H groups in total. The predicted octanol–water partition coefficient (Wildman–Crippen LogP) is -0.0409. The largest absolute Gasteiger partial charge is 0.496 e. The average Bonchev–Trinajstić information content (AvgIpc) is 2.16. The first-order chi connectivity index (χ1) is 6.27. The summed E-state index contributed by atoms with van der Waals surface area (Å²) in [6, 6.07) is 5.96. The van der Waals surface area contributed by atoms with Gasteiger partial charge in [0.2, 0.25) is 0 Å². The van der Waals surface area contributed by atoms with Gasteiger partial charge in [-0.3, -0.25) is 0 Å². The van der Waals surface area contributed by atoms with Gasteiger partial charge in [-0.25, -0.2) is 0 Å². The molecular formula is C10H13BO2. The van der Waals surface area contributed by atoms with Crippen LogP contribution < -0.4 is 10.2 Å². The van der Waals surface area contributed by atoms with Crippen molar-refractivity contribution in [1.29, 1.82) is 0 Å². The summed E-state index contributed by atoms with van der Waals surface area (Å²) in [4.78, 5) is 0. The monoisotopic (exact) mass is 176 g/mol. The molecule has 0 spiro atoms. The highest BCUT2D eigenvalue weighted by Crippen LogP contribution is 2.17. The van der Waals surface area contributed by atoms with Gasteiger partial charge < -0.3 is 9.84 Å². The maximum absolute atomic E-state index is 8.62. The molecule has 0 heterocycles. The third-order valence-electron chi connectivity index (χ3n) is 1.79. The Balaban J connectivity index is 2.99. The Hall–Kier alpha value is -1.22. The molecule has 0 aliphatic carbocycles. The van der Waals surface area contributed by atoms with Crippen molar-refractivity contribution >= 4 is 19.4 Å². The highest BCUT2D eigenvalue weighted by Gasteiger charge is 1.98. The van der Waals surface area contributed by atoms with E-state index in [9.17, 15) is 0 Å². The van der Waals surface area contributed by atoms with E-state index in [0.29, 0.717) is 0 Å². The number of aliphatic hydroxyl groups is 1. The highest BCUT2D eigenvalue weighted by atomic mass is 16.5. The second kappa shape index (κ2) is 4.72. The first-order valence-corrected chi connectivity index (χ1v) is 4.20. The molecule has 0 saturated carbocycles. The Morgan fingerprint density at radius 1 is 1.54 bits per heavy atom. The maximum Gasteiger partial charge on any atom is 0.139 e. The van der Waals surface area contributed by atoms with Crippen LogP contribution in [0.4, 0.5) is 0 Å². The minimum Gasteiger partial charge on any atom is -0.496 e. The van der Waals surface area contributed by atoms with Gasteiger partial charge in [0, 0.05) is 5.56 Å². The van der Waals surface area contributed by atoms with Gasteiger partial charge in [0.05, 0.1) is 13.7 Å². The molecule has 0 fully saturated rings. The lowest BCUT2D eigenvalue weighted by Crippen LogP contribution is -2.02. The topological polar surface area (TPSA) is 29.5 Å². The molecule has 2 nitrogen and oxygen atoms in total. The van der Waals surface area contributed by atoms with Gasteiger partial charge in [-0.1, -0.05) is 29.7 Å². The Morgan fingerprint density at radius 3 is 2.92 bits per heavy atom. The van der Waals surface area contributed by atoms with Crippen LogP contribution in [0, 0.1) is 0 Å². The fourth-order valence-corrected chi connectivity index (χ4v) is 1.14. The Morgan fingerprint density at radius 2 is 2.31 bits per heavy atom. The predicted molar refractivity (Wildman–Crippen MR) is 57.3 cm³/mol. The summed E-state index contributed by atoms with van der Waals surface area (Å²) in [6.07, 6.45) is 3.53. The van der Waals surface area contributed by atoms with Gasteiger partial charge in [0.15, 0.2) is 0 Å². The van der Waals surface area contributed by atoms with E-state index >= 15 is 0 Å². The second-order valence-corrected chi connectivity index (χ2v) is 2.83. The standard InChI is InChI=1S/C10H13BO2/c1-13-10-7-9(11)5-4-8(10)3-2-6-12/h2-5,7,12H,6,11H2,1H3/b3-2+. The Labute approximate surface area is 79.3 Å². The van der Waals surface area contributed by atoms with Crippen LogP contribution in [0.25, 0.3) is 6.08 Å². The van der Waals surface area contributed by atoms with Gasteiger partial charge >= 0.3 is 0 Å². The first-order valence-electron chi connectivity index (χ1n) is 4.20. The Kier molecular flexibility index (Phi) is 3.59. The van der Waals surface area contributed by atoms with Crippen LogP contribution in [0.5, 0.6) is 5.75 Å². The summed E-state index contributed by atoms with van der Waals surface area (Å²) in [7, 11) is 3.66. The zero-order valence-electron chi connectivity index (χ0n) is 7.95. The van der Waals surface area contributed by atoms with Crippen molar-refractivity contribution in [3.05, 3.63) is 29.8 Å². The van der Waals surface area contributed by atoms with E-state index in [1.165, 1.54) is 0 Å². The van der Waals surface area contributed by atoms with Gasteiger partial charge in [0.25, 0.3) is 0 Å². The summed E-state index contributed by atoms with van der Waals surface area (Å²) in [5, 5.41) is 8.62. The maximum atomic E-state index is 8.62. The number of hydrogen-bond donors (Lipinski definition) is 1. The van der Waals surface area contributed by atoms with Crippen LogP contribution in [0.2, 0.25) is 0 Å². The molecule has 3 heteroatoms. The molecule has 0 radical (unpaired) electrons. The molecular weight excluding hydrogens is 163 g/mol. The van der Waals surface area contributed by atoms with Crippen LogP contribution in [0.15, 0.2) is 24.3 Å². The SMILES string of the molecule is Bc1ccc(/C=C/CO)c(OC)c1. The van der Waals surface area contributed by atoms with Crippen molar-refractivity contribution in [3.63, 3.8) is 0 Å². The molecule has 1 aromatic rings. The van der Waals surface area contributed by atoms with Crippen molar-refractivity contribution in [3.8, 4) is 5.75 Å². The van der Waals surface area contributed by atoms with Gasteiger partial charge in [-0.05, 0) is 6.07 Å². The summed E-state index contributed by atoms with van der Waals surface area (Å²) in [6.45, 7) is 0.0526. The summed E-state index contributed by atoms with van der Waals surface area (Å²) < 4.78 is 5.19. The smallest absolute Gasteiger partial charge is 0.139 e. The lowest BCUT2D eigenvalue weighted by Gasteiger charge is -2.05. The van der Waals surface area contributed by atoms with Gasteiger partial charge in [-0.15, -0.1) is 0 Å². The zero-order valence-corrected chi connectivity index (χ0v) is 7.95. The summed E-state index contributed by atoms with van der Waals surface area (Å²) >= 11 is 0. The van der Waals surface area contributed by atoms with Crippen molar-refractivity contribution in [2.24, 2.45) is 0 Å². The summed E-state index contributed by atoms with van der Waals surface area (Å²) in [5.41, 5.74) is 2.15. The Bertz CT molecular complexity index is 308. The summed E-state index contributed by atoms with van der Waals surface area (Å²) in [5.74, 6) is 0.838. The zero-order chi connectivity index (χ0) is 9.68. The van der Waals surface area contributed by atoms with Crippen molar-refractivity contribution in [2.75, 3.05) is 13.7 Å². The minimum atomic E-state index is 0.0526. The van der Waals surface area contributed by atoms with Gasteiger partial charge in [0.1, 0.15) is 13.6 Å². The van der Waals surface area contributed by atoms with E-state index < -0.39 is 0 Å². The molecule has 0 amide bonds. The third-order valence-corrected chi connectivity index (χ3v) is 1.79. The second-order valence-electron chi connectivity index (χ2n) is 2.83. The number of methoxy groups -OCH3 is 1. The van der Waals surface area contributed by atoms with E-state index in [1.807, 2.05) is 32.1 Å². The molecule has 0 aliphatic heterocycles. The molecule has 0 atom stereocenters. The van der Waals surface area contributed by atoms with E-state index in [4.69, 9.17) is 9.84 Å². The first kappa shape index (κ1) is 9.87. The van der Waals surface area contributed by atoms with E-state index in [2.05, 4.69) is 0 Å². The lowest BCUT2D eigenvalue weighted by molar-refractivity contribution is 0.343. The number of benzene rings is 1. The van der Waals surface area contributed by atoms with Crippen LogP contribution >= 0.6 is 0 Å². The molecule has 0 saturated heterocycles. The number of ether oxygens (including phenoxy) is 1. The van der Waals surface area contributed by atoms with Crippen LogP contribution in [0.1, 0.15) is 5.56 Å². The molecule has 1 aromatic carbocycles. The lowest BCUT2D eigenvalue weighted by atomic mass is 9.94. The number of aliphatic hydroxyl groups excluding tert-OH is 1. The normalized spacial score (nSPS) is 10.6. The number of rotatable bonds is 3. The molecule has 13 heavy (non-hydrogen) atoms. The van der Waals surface area contributed by atoms with E-state index in [1.54, 1.807) is 13.2 Å². The van der Waals surface area contributed by atoms with Crippen molar-refractivity contribution in [1.82, 2.24) is 0 Å². The fraction of sp³-hybridized carbons (Fsp3) is 0.200. The molecule has 0 aromatic heterocycles. The van der Waals surface area contributed by atoms with Crippen LogP contribution in [0.3, 0.4) is 0 Å². The van der Waals surface area contributed by atoms with Crippen molar-refractivity contribution < 1.29 is 9.84 Å². The molecule has 0 unspecified atom stereocenters. The minimum absolute atomic E-state index is 0.0526. The van der Waals surface area contributed by atoms with E-state index in [0.717, 1.165) is 16.8 Å². The molecule has 0 bridgehead atoms. The van der Waals surface area contributed by atoms with E-state index in [-0.39, 0.29) is 6.61 Å². The number of hydrogen-bond acceptors (Lipinski definition) is 2. The van der Waals surface area contributed by atoms with Gasteiger partial charge in [-0.2, -0.15) is 0 Å². The molecule has 1 rings (SSSR count). The fourth-order valence-electron chi connectivity index (χ4n) is 1.14. The van der Waals surface area contributed by atoms with Crippen LogP contribution in [-0.2, 0) is 0 Å².